The maximum atomic E-state index is 3.78. The number of hydrogen-bond acceptors (Lipinski definition) is 2. The largest absolute Gasteiger partial charge is 0.311 e. The molecule has 0 saturated carbocycles. The third kappa shape index (κ3) is 6.13. The summed E-state index contributed by atoms with van der Waals surface area (Å²) < 4.78 is 0. The number of piperazine rings is 1. The number of nitrogens with zero attached hydrogens (tertiary/aromatic N) is 1. The molecule has 1 heterocycles. The third-order valence-corrected chi connectivity index (χ3v) is 4.91. The van der Waals surface area contributed by atoms with Gasteiger partial charge < -0.3 is 5.32 Å². The molecule has 1 rings (SSSR count). The van der Waals surface area contributed by atoms with Crippen molar-refractivity contribution >= 4 is 0 Å². The van der Waals surface area contributed by atoms with Crippen LogP contribution in [0.4, 0.5) is 0 Å². The first-order valence-corrected chi connectivity index (χ1v) is 9.22. The molecular formula is C18H38N2. The van der Waals surface area contributed by atoms with E-state index in [9.17, 15) is 0 Å². The maximum absolute atomic E-state index is 3.78. The SMILES string of the molecule is CCCCC(CC)CN1CC(CCC)NCC1CCC. The van der Waals surface area contributed by atoms with E-state index in [1.54, 1.807) is 0 Å². The van der Waals surface area contributed by atoms with Crippen molar-refractivity contribution in [1.82, 2.24) is 10.2 Å². The highest BCUT2D eigenvalue weighted by atomic mass is 15.2. The molecular weight excluding hydrogens is 244 g/mol. The van der Waals surface area contributed by atoms with Crippen molar-refractivity contribution in [3.8, 4) is 0 Å². The van der Waals surface area contributed by atoms with Gasteiger partial charge in [-0.2, -0.15) is 0 Å². The van der Waals surface area contributed by atoms with Crippen molar-refractivity contribution in [3.05, 3.63) is 0 Å². The van der Waals surface area contributed by atoms with E-state index in [1.165, 1.54) is 71.0 Å². The quantitative estimate of drug-likeness (QED) is 0.637. The van der Waals surface area contributed by atoms with Crippen LogP contribution in [0.5, 0.6) is 0 Å². The predicted octanol–water partition coefficient (Wildman–Crippen LogP) is 4.45. The summed E-state index contributed by atoms with van der Waals surface area (Å²) in [5.74, 6) is 0.912. The molecule has 1 aliphatic heterocycles. The molecule has 1 saturated heterocycles. The summed E-state index contributed by atoms with van der Waals surface area (Å²) in [5, 5.41) is 3.78. The fourth-order valence-electron chi connectivity index (χ4n) is 3.56. The molecule has 0 amide bonds. The van der Waals surface area contributed by atoms with Crippen LogP contribution in [0.3, 0.4) is 0 Å². The van der Waals surface area contributed by atoms with Gasteiger partial charge in [0.2, 0.25) is 0 Å². The molecule has 1 fully saturated rings. The van der Waals surface area contributed by atoms with Crippen LogP contribution in [-0.4, -0.2) is 36.6 Å². The molecule has 0 aliphatic carbocycles. The topological polar surface area (TPSA) is 15.3 Å². The molecule has 3 unspecified atom stereocenters. The minimum absolute atomic E-state index is 0.733. The molecule has 2 nitrogen and oxygen atoms in total. The molecule has 0 aromatic heterocycles. The fourth-order valence-corrected chi connectivity index (χ4v) is 3.56. The number of hydrogen-bond donors (Lipinski definition) is 1. The van der Waals surface area contributed by atoms with Gasteiger partial charge in [-0.15, -0.1) is 0 Å². The van der Waals surface area contributed by atoms with Crippen molar-refractivity contribution in [1.29, 1.82) is 0 Å². The van der Waals surface area contributed by atoms with Gasteiger partial charge in [-0.1, -0.05) is 59.8 Å². The van der Waals surface area contributed by atoms with Crippen LogP contribution in [-0.2, 0) is 0 Å². The zero-order chi connectivity index (χ0) is 14.8. The van der Waals surface area contributed by atoms with Gasteiger partial charge >= 0.3 is 0 Å². The van der Waals surface area contributed by atoms with Gasteiger partial charge in [0.1, 0.15) is 0 Å². The van der Waals surface area contributed by atoms with Crippen LogP contribution in [0.25, 0.3) is 0 Å². The van der Waals surface area contributed by atoms with Crippen molar-refractivity contribution in [3.63, 3.8) is 0 Å². The number of rotatable bonds is 10. The van der Waals surface area contributed by atoms with Crippen molar-refractivity contribution in [2.75, 3.05) is 19.6 Å². The lowest BCUT2D eigenvalue weighted by Gasteiger charge is -2.42. The van der Waals surface area contributed by atoms with E-state index >= 15 is 0 Å². The van der Waals surface area contributed by atoms with Gasteiger partial charge in [0.15, 0.2) is 0 Å². The predicted molar refractivity (Wildman–Crippen MR) is 90.3 cm³/mol. The summed E-state index contributed by atoms with van der Waals surface area (Å²) in [6, 6.07) is 1.51. The van der Waals surface area contributed by atoms with Gasteiger partial charge in [0, 0.05) is 31.7 Å². The Kier molecular flexibility index (Phi) is 9.54. The van der Waals surface area contributed by atoms with Gasteiger partial charge in [0.05, 0.1) is 0 Å². The first-order chi connectivity index (χ1) is 9.74. The molecule has 20 heavy (non-hydrogen) atoms. The fraction of sp³-hybridized carbons (Fsp3) is 1.00. The van der Waals surface area contributed by atoms with E-state index in [4.69, 9.17) is 0 Å². The summed E-state index contributed by atoms with van der Waals surface area (Å²) in [6.07, 6.45) is 10.8. The first-order valence-electron chi connectivity index (χ1n) is 9.22. The van der Waals surface area contributed by atoms with E-state index in [1.807, 2.05) is 0 Å². The molecule has 0 radical (unpaired) electrons. The highest BCUT2D eigenvalue weighted by Gasteiger charge is 2.27. The Balaban J connectivity index is 2.53. The minimum atomic E-state index is 0.733. The summed E-state index contributed by atoms with van der Waals surface area (Å²) in [6.45, 7) is 13.1. The molecule has 0 aromatic rings. The highest BCUT2D eigenvalue weighted by Crippen LogP contribution is 2.20. The van der Waals surface area contributed by atoms with Crippen LogP contribution in [0.2, 0.25) is 0 Å². The smallest absolute Gasteiger partial charge is 0.0221 e. The van der Waals surface area contributed by atoms with Crippen LogP contribution in [0, 0.1) is 5.92 Å². The second-order valence-corrected chi connectivity index (χ2v) is 6.71. The highest BCUT2D eigenvalue weighted by molar-refractivity contribution is 4.86. The molecule has 0 aromatic carbocycles. The van der Waals surface area contributed by atoms with Gasteiger partial charge in [-0.3, -0.25) is 4.90 Å². The number of nitrogens with one attached hydrogen (secondary N) is 1. The van der Waals surface area contributed by atoms with Gasteiger partial charge in [-0.25, -0.2) is 0 Å². The average Bonchev–Trinajstić information content (AvgIpc) is 2.46. The van der Waals surface area contributed by atoms with Crippen LogP contribution < -0.4 is 5.32 Å². The average molecular weight is 283 g/mol. The summed E-state index contributed by atoms with van der Waals surface area (Å²) in [7, 11) is 0. The Morgan fingerprint density at radius 2 is 1.80 bits per heavy atom. The van der Waals surface area contributed by atoms with Crippen LogP contribution in [0.1, 0.15) is 79.1 Å². The van der Waals surface area contributed by atoms with E-state index in [-0.39, 0.29) is 0 Å². The van der Waals surface area contributed by atoms with E-state index < -0.39 is 0 Å². The van der Waals surface area contributed by atoms with Crippen LogP contribution >= 0.6 is 0 Å². The van der Waals surface area contributed by atoms with Crippen molar-refractivity contribution in [2.24, 2.45) is 5.92 Å². The molecule has 0 spiro atoms. The van der Waals surface area contributed by atoms with Crippen LogP contribution in [0.15, 0.2) is 0 Å². The minimum Gasteiger partial charge on any atom is -0.311 e. The lowest BCUT2D eigenvalue weighted by molar-refractivity contribution is 0.0967. The van der Waals surface area contributed by atoms with Crippen molar-refractivity contribution < 1.29 is 0 Å². The summed E-state index contributed by atoms with van der Waals surface area (Å²) in [4.78, 5) is 2.82. The Hall–Kier alpha value is -0.0800. The Bertz CT molecular complexity index is 229. The lowest BCUT2D eigenvalue weighted by Crippen LogP contribution is -2.57. The Labute approximate surface area is 127 Å². The van der Waals surface area contributed by atoms with E-state index in [0.717, 1.165) is 18.0 Å². The standard InChI is InChI=1S/C18H38N2/c1-5-9-12-16(8-4)14-20-15-17(10-6-2)19-13-18(20)11-7-3/h16-19H,5-15H2,1-4H3. The molecule has 2 heteroatoms. The molecule has 1 aliphatic rings. The van der Waals surface area contributed by atoms with E-state index in [0.29, 0.717) is 0 Å². The number of unbranched alkanes of at least 4 members (excludes halogenated alkanes) is 1. The maximum Gasteiger partial charge on any atom is 0.0221 e. The molecule has 0 bridgehead atoms. The monoisotopic (exact) mass is 282 g/mol. The summed E-state index contributed by atoms with van der Waals surface area (Å²) in [5.41, 5.74) is 0. The Morgan fingerprint density at radius 3 is 2.40 bits per heavy atom. The van der Waals surface area contributed by atoms with Gasteiger partial charge in [0.25, 0.3) is 0 Å². The molecule has 1 N–H and O–H groups in total. The molecule has 3 atom stereocenters. The summed E-state index contributed by atoms with van der Waals surface area (Å²) >= 11 is 0. The third-order valence-electron chi connectivity index (χ3n) is 4.91. The normalized spacial score (nSPS) is 25.8. The molecule has 120 valence electrons. The van der Waals surface area contributed by atoms with Gasteiger partial charge in [-0.05, 0) is 25.2 Å². The zero-order valence-electron chi connectivity index (χ0n) is 14.5. The Morgan fingerprint density at radius 1 is 1.05 bits per heavy atom. The van der Waals surface area contributed by atoms with Crippen molar-refractivity contribution in [2.45, 2.75) is 91.1 Å². The second kappa shape index (κ2) is 10.6. The second-order valence-electron chi connectivity index (χ2n) is 6.71. The first kappa shape index (κ1) is 18.0. The zero-order valence-corrected chi connectivity index (χ0v) is 14.5. The van der Waals surface area contributed by atoms with E-state index in [2.05, 4.69) is 37.9 Å². The lowest BCUT2D eigenvalue weighted by atomic mass is 9.95.